The van der Waals surface area contributed by atoms with Gasteiger partial charge in [0.05, 0.1) is 19.6 Å². The zero-order valence-corrected chi connectivity index (χ0v) is 11.1. The minimum atomic E-state index is -0.532. The van der Waals surface area contributed by atoms with Crippen LogP contribution < -0.4 is 5.73 Å². The Labute approximate surface area is 111 Å². The Balaban J connectivity index is 2.31. The molecule has 0 saturated carbocycles. The summed E-state index contributed by atoms with van der Waals surface area (Å²) < 4.78 is 4.49. The molecule has 0 amide bonds. The second-order valence-corrected chi connectivity index (χ2v) is 4.89. The Kier molecular flexibility index (Phi) is 6.46. The first kappa shape index (κ1) is 14.7. The van der Waals surface area contributed by atoms with Crippen molar-refractivity contribution in [3.63, 3.8) is 0 Å². The van der Waals surface area contributed by atoms with Crippen LogP contribution in [0, 0.1) is 0 Å². The fourth-order valence-electron chi connectivity index (χ4n) is 1.40. The monoisotopic (exact) mass is 267 g/mol. The predicted octanol–water partition coefficient (Wildman–Crippen LogP) is 1.38. The van der Waals surface area contributed by atoms with Crippen LogP contribution in [0.2, 0.25) is 0 Å². The van der Waals surface area contributed by atoms with Crippen LogP contribution in [0.5, 0.6) is 0 Å². The Bertz CT molecular complexity index is 394. The van der Waals surface area contributed by atoms with Crippen molar-refractivity contribution in [2.75, 3.05) is 12.9 Å². The lowest BCUT2D eigenvalue weighted by Gasteiger charge is -2.09. The Morgan fingerprint density at radius 2 is 2.00 bits per heavy atom. The molecule has 98 valence electrons. The highest BCUT2D eigenvalue weighted by Crippen LogP contribution is 2.11. The van der Waals surface area contributed by atoms with E-state index in [1.54, 1.807) is 0 Å². The van der Waals surface area contributed by atoms with Crippen LogP contribution in [0.4, 0.5) is 0 Å². The molecule has 18 heavy (non-hydrogen) atoms. The van der Waals surface area contributed by atoms with Crippen molar-refractivity contribution < 1.29 is 14.3 Å². The number of esters is 1. The van der Waals surface area contributed by atoms with Crippen LogP contribution in [-0.4, -0.2) is 30.0 Å². The van der Waals surface area contributed by atoms with Crippen LogP contribution >= 0.6 is 11.8 Å². The third-order valence-electron chi connectivity index (χ3n) is 2.38. The van der Waals surface area contributed by atoms with Crippen molar-refractivity contribution in [3.8, 4) is 0 Å². The first-order valence-corrected chi connectivity index (χ1v) is 6.65. The Hall–Kier alpha value is -1.33. The molecule has 1 atom stereocenters. The van der Waals surface area contributed by atoms with Crippen molar-refractivity contribution in [2.45, 2.75) is 18.9 Å². The molecule has 1 rings (SSSR count). The third kappa shape index (κ3) is 5.33. The van der Waals surface area contributed by atoms with Crippen LogP contribution in [0.3, 0.4) is 0 Å². The zero-order chi connectivity index (χ0) is 13.4. The molecule has 5 heteroatoms. The number of carbonyl (C=O) groups is 2. The molecule has 0 aliphatic rings. The molecule has 0 aromatic heterocycles. The number of hydrogen-bond acceptors (Lipinski definition) is 5. The maximum Gasteiger partial charge on any atom is 0.306 e. The topological polar surface area (TPSA) is 69.4 Å². The average molecular weight is 267 g/mol. The zero-order valence-electron chi connectivity index (χ0n) is 10.3. The number of methoxy groups -OCH3 is 1. The second kappa shape index (κ2) is 7.89. The lowest BCUT2D eigenvalue weighted by atomic mass is 10.1. The van der Waals surface area contributed by atoms with E-state index in [4.69, 9.17) is 5.73 Å². The van der Waals surface area contributed by atoms with Gasteiger partial charge in [0.2, 0.25) is 5.12 Å². The summed E-state index contributed by atoms with van der Waals surface area (Å²) in [5.74, 6) is 0.0977. The Morgan fingerprint density at radius 1 is 1.33 bits per heavy atom. The van der Waals surface area contributed by atoms with Crippen molar-refractivity contribution in [2.24, 2.45) is 5.73 Å². The van der Waals surface area contributed by atoms with Gasteiger partial charge in [0.1, 0.15) is 0 Å². The number of ether oxygens (including phenoxy) is 1. The summed E-state index contributed by atoms with van der Waals surface area (Å²) in [6.07, 6.45) is 0.746. The molecule has 0 aliphatic carbocycles. The predicted molar refractivity (Wildman–Crippen MR) is 72.2 cm³/mol. The molecular weight excluding hydrogens is 250 g/mol. The van der Waals surface area contributed by atoms with Gasteiger partial charge < -0.3 is 10.5 Å². The van der Waals surface area contributed by atoms with E-state index in [-0.39, 0.29) is 17.5 Å². The highest BCUT2D eigenvalue weighted by atomic mass is 32.2. The summed E-state index contributed by atoms with van der Waals surface area (Å²) in [7, 11) is 1.33. The standard InChI is InChI=1S/C13H17NO3S/c1-17-12(15)7-8-18-13(16)11(14)9-10-5-3-2-4-6-10/h2-6,11H,7-9,14H2,1H3. The minimum Gasteiger partial charge on any atom is -0.469 e. The maximum atomic E-state index is 11.7. The third-order valence-corrected chi connectivity index (χ3v) is 3.37. The van der Waals surface area contributed by atoms with Gasteiger partial charge in [-0.3, -0.25) is 9.59 Å². The largest absolute Gasteiger partial charge is 0.469 e. The quantitative estimate of drug-likeness (QED) is 0.789. The Morgan fingerprint density at radius 3 is 2.61 bits per heavy atom. The molecule has 1 aromatic carbocycles. The molecule has 0 radical (unpaired) electrons. The molecule has 0 saturated heterocycles. The molecule has 4 nitrogen and oxygen atoms in total. The van der Waals surface area contributed by atoms with Crippen LogP contribution in [0.1, 0.15) is 12.0 Å². The first-order chi connectivity index (χ1) is 8.63. The lowest BCUT2D eigenvalue weighted by Crippen LogP contribution is -2.30. The van der Waals surface area contributed by atoms with E-state index in [0.29, 0.717) is 12.2 Å². The number of thioether (sulfide) groups is 1. The molecular formula is C13H17NO3S. The van der Waals surface area contributed by atoms with Crippen molar-refractivity contribution in [3.05, 3.63) is 35.9 Å². The van der Waals surface area contributed by atoms with E-state index in [2.05, 4.69) is 4.74 Å². The van der Waals surface area contributed by atoms with Gasteiger partial charge in [-0.2, -0.15) is 0 Å². The highest BCUT2D eigenvalue weighted by Gasteiger charge is 2.15. The van der Waals surface area contributed by atoms with Crippen molar-refractivity contribution in [1.82, 2.24) is 0 Å². The van der Waals surface area contributed by atoms with Crippen molar-refractivity contribution in [1.29, 1.82) is 0 Å². The molecule has 0 aliphatic heterocycles. The summed E-state index contributed by atoms with van der Waals surface area (Å²) in [5, 5.41) is -0.0947. The van der Waals surface area contributed by atoms with Gasteiger partial charge in [0.25, 0.3) is 0 Å². The highest BCUT2D eigenvalue weighted by molar-refractivity contribution is 8.13. The molecule has 0 spiro atoms. The van der Waals surface area contributed by atoms with Gasteiger partial charge >= 0.3 is 5.97 Å². The van der Waals surface area contributed by atoms with Crippen molar-refractivity contribution >= 4 is 22.8 Å². The maximum absolute atomic E-state index is 11.7. The summed E-state index contributed by atoms with van der Waals surface area (Å²) in [5.41, 5.74) is 6.85. The van der Waals surface area contributed by atoms with E-state index in [1.807, 2.05) is 30.3 Å². The molecule has 0 fully saturated rings. The summed E-state index contributed by atoms with van der Waals surface area (Å²) in [6, 6.07) is 9.09. The smallest absolute Gasteiger partial charge is 0.306 e. The molecule has 2 N–H and O–H groups in total. The van der Waals surface area contributed by atoms with Gasteiger partial charge in [0, 0.05) is 5.75 Å². The molecule has 0 bridgehead atoms. The summed E-state index contributed by atoms with van der Waals surface area (Å²) >= 11 is 1.08. The SMILES string of the molecule is COC(=O)CCSC(=O)C(N)Cc1ccccc1. The summed E-state index contributed by atoms with van der Waals surface area (Å²) in [6.45, 7) is 0. The van der Waals surface area contributed by atoms with Crippen LogP contribution in [0.25, 0.3) is 0 Å². The van der Waals surface area contributed by atoms with Gasteiger partial charge in [-0.05, 0) is 12.0 Å². The normalized spacial score (nSPS) is 11.9. The molecule has 1 unspecified atom stereocenters. The fourth-order valence-corrected chi connectivity index (χ4v) is 2.16. The number of nitrogens with two attached hydrogens (primary N) is 1. The summed E-state index contributed by atoms with van der Waals surface area (Å²) in [4.78, 5) is 22.6. The lowest BCUT2D eigenvalue weighted by molar-refractivity contribution is -0.140. The second-order valence-electron chi connectivity index (χ2n) is 3.79. The van der Waals surface area contributed by atoms with E-state index in [9.17, 15) is 9.59 Å². The van der Waals surface area contributed by atoms with E-state index in [0.717, 1.165) is 17.3 Å². The average Bonchev–Trinajstić information content (AvgIpc) is 2.39. The fraction of sp³-hybridized carbons (Fsp3) is 0.385. The van der Waals surface area contributed by atoms with E-state index < -0.39 is 6.04 Å². The minimum absolute atomic E-state index is 0.0947. The number of rotatable bonds is 6. The number of benzene rings is 1. The number of carbonyl (C=O) groups excluding carboxylic acids is 2. The molecule has 1 aromatic rings. The van der Waals surface area contributed by atoms with E-state index in [1.165, 1.54) is 7.11 Å². The first-order valence-electron chi connectivity index (χ1n) is 5.66. The van der Waals surface area contributed by atoms with Gasteiger partial charge in [-0.25, -0.2) is 0 Å². The van der Waals surface area contributed by atoms with Crippen LogP contribution in [-0.2, 0) is 20.7 Å². The van der Waals surface area contributed by atoms with Gasteiger partial charge in [-0.15, -0.1) is 0 Å². The van der Waals surface area contributed by atoms with E-state index >= 15 is 0 Å². The number of hydrogen-bond donors (Lipinski definition) is 1. The van der Waals surface area contributed by atoms with Gasteiger partial charge in [-0.1, -0.05) is 42.1 Å². The molecule has 0 heterocycles. The van der Waals surface area contributed by atoms with Crippen LogP contribution in [0.15, 0.2) is 30.3 Å². The van der Waals surface area contributed by atoms with Gasteiger partial charge in [0.15, 0.2) is 0 Å².